The standard InChI is InChI=1S/C22H23N3O2/c1-16-8-3-5-10-18(16)23-22(26)25-15-14-24-13-7-11-19(24)21(25)17-9-4-6-12-20(17)27-2/h3-13,21H,14-15H2,1-2H3,(H,23,26)/t21-/m1/s1. The van der Waals surface area contributed by atoms with E-state index in [9.17, 15) is 4.79 Å². The lowest BCUT2D eigenvalue weighted by atomic mass is 9.99. The monoisotopic (exact) mass is 361 g/mol. The third-order valence-electron chi connectivity index (χ3n) is 5.12. The number of urea groups is 1. The highest BCUT2D eigenvalue weighted by molar-refractivity contribution is 5.90. The first-order chi connectivity index (χ1) is 13.2. The number of amides is 2. The molecule has 3 aromatic rings. The number of hydrogen-bond donors (Lipinski definition) is 1. The predicted molar refractivity (Wildman–Crippen MR) is 106 cm³/mol. The lowest BCUT2D eigenvalue weighted by molar-refractivity contribution is 0.180. The number of hydrogen-bond acceptors (Lipinski definition) is 2. The predicted octanol–water partition coefficient (Wildman–Crippen LogP) is 4.44. The smallest absolute Gasteiger partial charge is 0.322 e. The third-order valence-corrected chi connectivity index (χ3v) is 5.12. The van der Waals surface area contributed by atoms with Gasteiger partial charge in [0.15, 0.2) is 0 Å². The maximum Gasteiger partial charge on any atom is 0.322 e. The van der Waals surface area contributed by atoms with E-state index in [1.54, 1.807) is 7.11 Å². The van der Waals surface area contributed by atoms with Gasteiger partial charge in [-0.05, 0) is 36.8 Å². The molecule has 1 N–H and O–H groups in total. The number of fused-ring (bicyclic) bond motifs is 1. The van der Waals surface area contributed by atoms with Gasteiger partial charge in [0.2, 0.25) is 0 Å². The molecule has 1 aliphatic heterocycles. The van der Waals surface area contributed by atoms with E-state index in [-0.39, 0.29) is 12.1 Å². The van der Waals surface area contributed by atoms with Crippen LogP contribution in [0.1, 0.15) is 22.9 Å². The fraction of sp³-hybridized carbons (Fsp3) is 0.227. The first kappa shape index (κ1) is 17.2. The van der Waals surface area contributed by atoms with E-state index in [0.717, 1.165) is 34.8 Å². The van der Waals surface area contributed by atoms with Crippen molar-refractivity contribution < 1.29 is 9.53 Å². The Labute approximate surface area is 159 Å². The molecule has 5 heteroatoms. The van der Waals surface area contributed by atoms with Gasteiger partial charge in [-0.25, -0.2) is 4.79 Å². The number of aryl methyl sites for hydroxylation is 1. The zero-order chi connectivity index (χ0) is 18.8. The van der Waals surface area contributed by atoms with Crippen molar-refractivity contribution in [1.82, 2.24) is 9.47 Å². The quantitative estimate of drug-likeness (QED) is 0.749. The Balaban J connectivity index is 1.73. The number of aromatic nitrogens is 1. The Kier molecular flexibility index (Phi) is 4.59. The van der Waals surface area contributed by atoms with Crippen LogP contribution in [-0.4, -0.2) is 29.2 Å². The molecule has 1 aromatic heterocycles. The van der Waals surface area contributed by atoms with Crippen molar-refractivity contribution in [1.29, 1.82) is 0 Å². The minimum Gasteiger partial charge on any atom is -0.496 e. The fourth-order valence-corrected chi connectivity index (χ4v) is 3.72. The molecule has 5 nitrogen and oxygen atoms in total. The number of nitrogens with one attached hydrogen (secondary N) is 1. The molecule has 0 aliphatic carbocycles. The molecule has 2 amide bonds. The van der Waals surface area contributed by atoms with Gasteiger partial charge in [-0.15, -0.1) is 0 Å². The molecule has 0 saturated heterocycles. The zero-order valence-corrected chi connectivity index (χ0v) is 15.6. The highest BCUT2D eigenvalue weighted by Crippen LogP contribution is 2.37. The first-order valence-corrected chi connectivity index (χ1v) is 9.10. The lowest BCUT2D eigenvalue weighted by Gasteiger charge is -2.37. The molecule has 2 heterocycles. The number of rotatable bonds is 3. The minimum absolute atomic E-state index is 0.104. The van der Waals surface area contributed by atoms with Crippen LogP contribution in [0.25, 0.3) is 0 Å². The van der Waals surface area contributed by atoms with Gasteiger partial charge in [-0.1, -0.05) is 36.4 Å². The van der Waals surface area contributed by atoms with Crippen LogP contribution in [-0.2, 0) is 6.54 Å². The van der Waals surface area contributed by atoms with Gasteiger partial charge in [0, 0.05) is 36.2 Å². The molecule has 0 radical (unpaired) electrons. The molecule has 0 unspecified atom stereocenters. The third kappa shape index (κ3) is 3.16. The summed E-state index contributed by atoms with van der Waals surface area (Å²) in [5.41, 5.74) is 3.95. The van der Waals surface area contributed by atoms with Crippen molar-refractivity contribution in [2.45, 2.75) is 19.5 Å². The molecule has 4 rings (SSSR count). The lowest BCUT2D eigenvalue weighted by Crippen LogP contribution is -2.44. The van der Waals surface area contributed by atoms with Gasteiger partial charge in [0.25, 0.3) is 0 Å². The number of carbonyl (C=O) groups is 1. The van der Waals surface area contributed by atoms with Crippen molar-refractivity contribution in [3.8, 4) is 5.75 Å². The summed E-state index contributed by atoms with van der Waals surface area (Å²) in [6.07, 6.45) is 2.06. The number of benzene rings is 2. The summed E-state index contributed by atoms with van der Waals surface area (Å²) >= 11 is 0. The maximum atomic E-state index is 13.2. The summed E-state index contributed by atoms with van der Waals surface area (Å²) < 4.78 is 7.79. The van der Waals surface area contributed by atoms with Crippen molar-refractivity contribution in [2.75, 3.05) is 19.0 Å². The summed E-state index contributed by atoms with van der Waals surface area (Å²) in [6, 6.07) is 19.5. The minimum atomic E-state index is -0.200. The van der Waals surface area contributed by atoms with Crippen LogP contribution in [0.2, 0.25) is 0 Å². The van der Waals surface area contributed by atoms with E-state index in [1.165, 1.54) is 0 Å². The van der Waals surface area contributed by atoms with E-state index in [0.29, 0.717) is 6.54 Å². The van der Waals surface area contributed by atoms with Gasteiger partial charge < -0.3 is 19.5 Å². The second-order valence-corrected chi connectivity index (χ2v) is 6.71. The molecule has 1 aliphatic rings. The number of methoxy groups -OCH3 is 1. The zero-order valence-electron chi connectivity index (χ0n) is 15.6. The average Bonchev–Trinajstić information content (AvgIpc) is 3.17. The number of nitrogens with zero attached hydrogens (tertiary/aromatic N) is 2. The van der Waals surface area contributed by atoms with Crippen LogP contribution in [0.5, 0.6) is 5.75 Å². The van der Waals surface area contributed by atoms with Crippen LogP contribution >= 0.6 is 0 Å². The average molecular weight is 361 g/mol. The fourth-order valence-electron chi connectivity index (χ4n) is 3.72. The van der Waals surface area contributed by atoms with Crippen LogP contribution in [0, 0.1) is 6.92 Å². The highest BCUT2D eigenvalue weighted by atomic mass is 16.5. The van der Waals surface area contributed by atoms with E-state index in [2.05, 4.69) is 22.1 Å². The van der Waals surface area contributed by atoms with Gasteiger partial charge in [-0.2, -0.15) is 0 Å². The van der Waals surface area contributed by atoms with Crippen LogP contribution in [0.4, 0.5) is 10.5 Å². The largest absolute Gasteiger partial charge is 0.496 e. The Bertz CT molecular complexity index is 963. The van der Waals surface area contributed by atoms with E-state index in [4.69, 9.17) is 4.74 Å². The summed E-state index contributed by atoms with van der Waals surface area (Å²) in [5, 5.41) is 3.08. The molecule has 2 aromatic carbocycles. The molecule has 27 heavy (non-hydrogen) atoms. The van der Waals surface area contributed by atoms with Gasteiger partial charge >= 0.3 is 6.03 Å². The van der Waals surface area contributed by atoms with Crippen molar-refractivity contribution in [3.05, 3.63) is 83.7 Å². The van der Waals surface area contributed by atoms with E-state index < -0.39 is 0 Å². The maximum absolute atomic E-state index is 13.2. The summed E-state index contributed by atoms with van der Waals surface area (Å²) in [7, 11) is 1.67. The number of ether oxygens (including phenoxy) is 1. The Morgan fingerprint density at radius 1 is 1.04 bits per heavy atom. The first-order valence-electron chi connectivity index (χ1n) is 9.10. The summed E-state index contributed by atoms with van der Waals surface area (Å²) in [5.74, 6) is 0.783. The molecule has 0 saturated carbocycles. The number of anilines is 1. The molecule has 1 atom stereocenters. The molecular formula is C22H23N3O2. The molecule has 138 valence electrons. The molecular weight excluding hydrogens is 338 g/mol. The Morgan fingerprint density at radius 2 is 1.81 bits per heavy atom. The summed E-state index contributed by atoms with van der Waals surface area (Å²) in [4.78, 5) is 15.1. The highest BCUT2D eigenvalue weighted by Gasteiger charge is 2.34. The van der Waals surface area contributed by atoms with Crippen LogP contribution in [0.3, 0.4) is 0 Å². The van der Waals surface area contributed by atoms with Crippen molar-refractivity contribution in [3.63, 3.8) is 0 Å². The second kappa shape index (κ2) is 7.19. The molecule has 0 fully saturated rings. The topological polar surface area (TPSA) is 46.5 Å². The van der Waals surface area contributed by atoms with Gasteiger partial charge in [0.1, 0.15) is 11.8 Å². The normalized spacial score (nSPS) is 15.9. The Morgan fingerprint density at radius 3 is 2.63 bits per heavy atom. The number of para-hydroxylation sites is 2. The Hall–Kier alpha value is -3.21. The van der Waals surface area contributed by atoms with Gasteiger partial charge in [0.05, 0.1) is 7.11 Å². The molecule has 0 spiro atoms. The SMILES string of the molecule is COc1ccccc1[C@@H]1c2cccn2CCN1C(=O)Nc1ccccc1C. The van der Waals surface area contributed by atoms with Crippen molar-refractivity contribution >= 4 is 11.7 Å². The number of carbonyl (C=O) groups excluding carboxylic acids is 1. The summed E-state index contributed by atoms with van der Waals surface area (Å²) in [6.45, 7) is 3.39. The van der Waals surface area contributed by atoms with Crippen molar-refractivity contribution in [2.24, 2.45) is 0 Å². The van der Waals surface area contributed by atoms with Crippen LogP contribution in [0.15, 0.2) is 66.9 Å². The van der Waals surface area contributed by atoms with Crippen LogP contribution < -0.4 is 10.1 Å². The molecule has 0 bridgehead atoms. The second-order valence-electron chi connectivity index (χ2n) is 6.71. The van der Waals surface area contributed by atoms with E-state index >= 15 is 0 Å². The van der Waals surface area contributed by atoms with Gasteiger partial charge in [-0.3, -0.25) is 0 Å². The van der Waals surface area contributed by atoms with E-state index in [1.807, 2.05) is 66.4 Å².